The van der Waals surface area contributed by atoms with Gasteiger partial charge < -0.3 is 0 Å². The van der Waals surface area contributed by atoms with Crippen LogP contribution in [0, 0.1) is 16.0 Å². The second-order valence-electron chi connectivity index (χ2n) is 5.36. The molecule has 1 fully saturated rings. The van der Waals surface area contributed by atoms with Crippen LogP contribution in [0.4, 0.5) is 0 Å². The van der Waals surface area contributed by atoms with E-state index < -0.39 is 22.8 Å². The number of benzene rings is 2. The van der Waals surface area contributed by atoms with Crippen molar-refractivity contribution >= 4 is 11.6 Å². The van der Waals surface area contributed by atoms with E-state index in [1.807, 2.05) is 60.7 Å². The second kappa shape index (κ2) is 6.39. The van der Waals surface area contributed by atoms with Crippen LogP contribution in [0.5, 0.6) is 0 Å². The third-order valence-corrected chi connectivity index (χ3v) is 3.74. The molecule has 1 saturated carbocycles. The first-order valence-corrected chi connectivity index (χ1v) is 7.28. The summed E-state index contributed by atoms with van der Waals surface area (Å²) in [5.74, 6) is -0.988. The number of rotatable bonds is 5. The van der Waals surface area contributed by atoms with Crippen LogP contribution in [0.1, 0.15) is 17.5 Å². The highest BCUT2D eigenvalue weighted by Crippen LogP contribution is 2.33. The van der Waals surface area contributed by atoms with Gasteiger partial charge in [0.2, 0.25) is 11.9 Å². The first-order chi connectivity index (χ1) is 11.2. The predicted octanol–water partition coefficient (Wildman–Crippen LogP) is 2.22. The molecule has 6 heteroatoms. The topological polar surface area (TPSA) is 84.6 Å². The van der Waals surface area contributed by atoms with E-state index in [0.717, 1.165) is 11.1 Å². The molecule has 1 N–H and O–H groups in total. The molecule has 0 unspecified atom stereocenters. The standard InChI is InChI=1S/C17H15N3O3/c21-17(14-11-15(14)20(22)23)19-18-16(12-7-3-1-4-8-12)13-9-5-2-6-10-13/h1-10,14-15H,11H2,(H,19,21)/t14-,15-/m0/s1. The van der Waals surface area contributed by atoms with E-state index in [4.69, 9.17) is 0 Å². The number of hydrazone groups is 1. The van der Waals surface area contributed by atoms with Gasteiger partial charge in [-0.2, -0.15) is 5.10 Å². The van der Waals surface area contributed by atoms with Crippen molar-refractivity contribution in [1.29, 1.82) is 0 Å². The Hall–Kier alpha value is -3.02. The molecule has 1 aliphatic rings. The highest BCUT2D eigenvalue weighted by molar-refractivity contribution is 6.13. The van der Waals surface area contributed by atoms with Crippen LogP contribution in [0.15, 0.2) is 65.8 Å². The quantitative estimate of drug-likeness (QED) is 0.522. The van der Waals surface area contributed by atoms with E-state index in [1.54, 1.807) is 0 Å². The summed E-state index contributed by atoms with van der Waals surface area (Å²) in [4.78, 5) is 22.2. The molecule has 0 heterocycles. The summed E-state index contributed by atoms with van der Waals surface area (Å²) in [7, 11) is 0. The SMILES string of the molecule is O=C(NN=C(c1ccccc1)c1ccccc1)[C@H]1C[C@@H]1[N+](=O)[O-]. The van der Waals surface area contributed by atoms with Crippen molar-refractivity contribution in [1.82, 2.24) is 5.43 Å². The number of amides is 1. The van der Waals surface area contributed by atoms with Crippen LogP contribution in [0.2, 0.25) is 0 Å². The molecule has 1 amide bonds. The van der Waals surface area contributed by atoms with Gasteiger partial charge in [-0.1, -0.05) is 60.7 Å². The van der Waals surface area contributed by atoms with Crippen LogP contribution < -0.4 is 5.43 Å². The maximum absolute atomic E-state index is 12.0. The molecule has 6 nitrogen and oxygen atoms in total. The molecule has 0 aromatic heterocycles. The van der Waals surface area contributed by atoms with Gasteiger partial charge in [-0.15, -0.1) is 0 Å². The van der Waals surface area contributed by atoms with E-state index in [1.165, 1.54) is 0 Å². The van der Waals surface area contributed by atoms with Crippen LogP contribution in [-0.4, -0.2) is 22.6 Å². The Bertz CT molecular complexity index is 703. The number of nitro groups is 1. The molecule has 0 radical (unpaired) electrons. The third-order valence-electron chi connectivity index (χ3n) is 3.74. The number of nitrogens with zero attached hydrogens (tertiary/aromatic N) is 2. The lowest BCUT2D eigenvalue weighted by Gasteiger charge is -2.07. The number of carbonyl (C=O) groups is 1. The first kappa shape index (κ1) is 14.9. The van der Waals surface area contributed by atoms with Crippen molar-refractivity contribution in [3.05, 3.63) is 81.9 Å². The summed E-state index contributed by atoms with van der Waals surface area (Å²) in [6.45, 7) is 0. The van der Waals surface area contributed by atoms with Gasteiger partial charge in [0, 0.05) is 22.5 Å². The molecule has 23 heavy (non-hydrogen) atoms. The van der Waals surface area contributed by atoms with Gasteiger partial charge in [0.25, 0.3) is 0 Å². The molecule has 3 rings (SSSR count). The van der Waals surface area contributed by atoms with Crippen molar-refractivity contribution in [2.24, 2.45) is 11.0 Å². The van der Waals surface area contributed by atoms with Gasteiger partial charge in [0.1, 0.15) is 5.92 Å². The minimum Gasteiger partial charge on any atom is -0.273 e. The summed E-state index contributed by atoms with van der Waals surface area (Å²) >= 11 is 0. The normalized spacial score (nSPS) is 18.8. The minimum absolute atomic E-state index is 0.278. The zero-order valence-corrected chi connectivity index (χ0v) is 12.3. The molecule has 0 saturated heterocycles. The highest BCUT2D eigenvalue weighted by atomic mass is 16.6. The largest absolute Gasteiger partial charge is 0.273 e. The van der Waals surface area contributed by atoms with Crippen molar-refractivity contribution in [3.8, 4) is 0 Å². The maximum Gasteiger partial charge on any atom is 0.250 e. The summed E-state index contributed by atoms with van der Waals surface area (Å²) in [5.41, 5.74) is 4.82. The minimum atomic E-state index is -0.776. The zero-order chi connectivity index (χ0) is 16.2. The van der Waals surface area contributed by atoms with Crippen molar-refractivity contribution in [2.45, 2.75) is 12.5 Å². The van der Waals surface area contributed by atoms with E-state index in [-0.39, 0.29) is 6.42 Å². The number of hydrogen-bond acceptors (Lipinski definition) is 4. The Morgan fingerprint density at radius 1 is 1.04 bits per heavy atom. The second-order valence-corrected chi connectivity index (χ2v) is 5.36. The lowest BCUT2D eigenvalue weighted by molar-refractivity contribution is -0.497. The molecule has 0 bridgehead atoms. The van der Waals surface area contributed by atoms with E-state index in [0.29, 0.717) is 5.71 Å². The van der Waals surface area contributed by atoms with E-state index in [9.17, 15) is 14.9 Å². The van der Waals surface area contributed by atoms with E-state index in [2.05, 4.69) is 10.5 Å². The van der Waals surface area contributed by atoms with Crippen molar-refractivity contribution in [2.75, 3.05) is 0 Å². The van der Waals surface area contributed by atoms with E-state index >= 15 is 0 Å². The van der Waals surface area contributed by atoms with Gasteiger partial charge in [0.05, 0.1) is 5.71 Å². The summed E-state index contributed by atoms with van der Waals surface area (Å²) in [6.07, 6.45) is 0.278. The highest BCUT2D eigenvalue weighted by Gasteiger charge is 2.53. The third kappa shape index (κ3) is 3.42. The molecular formula is C17H15N3O3. The Labute approximate surface area is 133 Å². The molecule has 1 aliphatic carbocycles. The fourth-order valence-electron chi connectivity index (χ4n) is 2.38. The molecule has 0 aliphatic heterocycles. The fraction of sp³-hybridized carbons (Fsp3) is 0.176. The fourth-order valence-corrected chi connectivity index (χ4v) is 2.38. The Kier molecular flexibility index (Phi) is 4.14. The summed E-state index contributed by atoms with van der Waals surface area (Å²) in [5, 5.41) is 14.9. The number of hydrogen-bond donors (Lipinski definition) is 1. The zero-order valence-electron chi connectivity index (χ0n) is 12.3. The molecule has 116 valence electrons. The smallest absolute Gasteiger partial charge is 0.250 e. The molecule has 2 atom stereocenters. The lowest BCUT2D eigenvalue weighted by atomic mass is 10.0. The first-order valence-electron chi connectivity index (χ1n) is 7.28. The lowest BCUT2D eigenvalue weighted by Crippen LogP contribution is -2.24. The predicted molar refractivity (Wildman–Crippen MR) is 85.6 cm³/mol. The van der Waals surface area contributed by atoms with Gasteiger partial charge in [-0.05, 0) is 0 Å². The Morgan fingerprint density at radius 3 is 2.00 bits per heavy atom. The van der Waals surface area contributed by atoms with Gasteiger partial charge in [0.15, 0.2) is 0 Å². The monoisotopic (exact) mass is 309 g/mol. The number of nitrogens with one attached hydrogen (secondary N) is 1. The average Bonchev–Trinajstić information content (AvgIpc) is 3.38. The molecule has 2 aromatic rings. The van der Waals surface area contributed by atoms with Crippen LogP contribution in [0.3, 0.4) is 0 Å². The molecule has 0 spiro atoms. The van der Waals surface area contributed by atoms with Gasteiger partial charge in [-0.25, -0.2) is 5.43 Å². The number of carbonyl (C=O) groups excluding carboxylic acids is 1. The summed E-state index contributed by atoms with van der Waals surface area (Å²) in [6, 6.07) is 18.2. The molecule has 2 aromatic carbocycles. The van der Waals surface area contributed by atoms with Crippen LogP contribution in [0.25, 0.3) is 0 Å². The maximum atomic E-state index is 12.0. The van der Waals surface area contributed by atoms with Crippen molar-refractivity contribution in [3.63, 3.8) is 0 Å². The summed E-state index contributed by atoms with van der Waals surface area (Å²) < 4.78 is 0. The Morgan fingerprint density at radius 2 is 1.57 bits per heavy atom. The Balaban J connectivity index is 1.82. The molecular weight excluding hydrogens is 294 g/mol. The van der Waals surface area contributed by atoms with Crippen LogP contribution in [-0.2, 0) is 4.79 Å². The van der Waals surface area contributed by atoms with Gasteiger partial charge >= 0.3 is 0 Å². The van der Waals surface area contributed by atoms with Gasteiger partial charge in [-0.3, -0.25) is 14.9 Å². The van der Waals surface area contributed by atoms with Crippen LogP contribution >= 0.6 is 0 Å². The average molecular weight is 309 g/mol. The van der Waals surface area contributed by atoms with Crippen molar-refractivity contribution < 1.29 is 9.72 Å².